The average Bonchev–Trinajstić information content (AvgIpc) is 3.11. The number of sulfonamides is 2. The summed E-state index contributed by atoms with van der Waals surface area (Å²) in [6, 6.07) is 7.16. The molecule has 2 heterocycles. The van der Waals surface area contributed by atoms with Gasteiger partial charge in [0.15, 0.2) is 0 Å². The first kappa shape index (κ1) is 22.4. The van der Waals surface area contributed by atoms with Gasteiger partial charge in [0.2, 0.25) is 20.0 Å². The molecule has 1 aliphatic rings. The van der Waals surface area contributed by atoms with Gasteiger partial charge in [-0.05, 0) is 24.3 Å². The van der Waals surface area contributed by atoms with Crippen LogP contribution in [0.3, 0.4) is 0 Å². The molecule has 1 saturated heterocycles. The van der Waals surface area contributed by atoms with Crippen LogP contribution in [0.1, 0.15) is 10.5 Å². The van der Waals surface area contributed by atoms with Gasteiger partial charge in [-0.3, -0.25) is 4.79 Å². The molecule has 0 saturated carbocycles. The second-order valence-corrected chi connectivity index (χ2v) is 11.0. The molecule has 10 nitrogen and oxygen atoms in total. The van der Waals surface area contributed by atoms with Crippen molar-refractivity contribution in [2.75, 3.05) is 45.7 Å². The number of carbonyl (C=O) groups excluding carboxylic acids is 1. The Labute approximate surface area is 176 Å². The van der Waals surface area contributed by atoms with Crippen molar-refractivity contribution in [2.24, 2.45) is 7.05 Å². The molecular weight excluding hydrogens is 432 g/mol. The lowest BCUT2D eigenvalue weighted by Crippen LogP contribution is -2.40. The summed E-state index contributed by atoms with van der Waals surface area (Å²) in [6.07, 6.45) is 1.38. The molecule has 1 aromatic heterocycles. The number of ether oxygens (including phenoxy) is 1. The Morgan fingerprint density at radius 2 is 1.73 bits per heavy atom. The third-order valence-corrected chi connectivity index (χ3v) is 8.37. The Morgan fingerprint density at radius 3 is 2.37 bits per heavy atom. The van der Waals surface area contributed by atoms with E-state index in [4.69, 9.17) is 4.74 Å². The van der Waals surface area contributed by atoms with E-state index in [2.05, 4.69) is 5.32 Å². The van der Waals surface area contributed by atoms with Gasteiger partial charge in [0.1, 0.15) is 10.6 Å². The van der Waals surface area contributed by atoms with Crippen LogP contribution in [0.4, 0.5) is 5.69 Å². The number of morpholine rings is 1. The highest BCUT2D eigenvalue weighted by atomic mass is 32.2. The SMILES string of the molecule is CN(C)S(=O)(=O)c1cccc(NC(=O)c2cc(S(=O)(=O)N3CCOCC3)cn2C)c1. The number of aromatic nitrogens is 1. The first-order valence-electron chi connectivity index (χ1n) is 9.11. The molecule has 2 aromatic rings. The third kappa shape index (κ3) is 4.42. The van der Waals surface area contributed by atoms with Crippen LogP contribution in [0, 0.1) is 0 Å². The van der Waals surface area contributed by atoms with E-state index in [0.717, 1.165) is 4.31 Å². The van der Waals surface area contributed by atoms with Crippen LogP contribution in [0.25, 0.3) is 0 Å². The second-order valence-electron chi connectivity index (χ2n) is 6.96. The highest BCUT2D eigenvalue weighted by Crippen LogP contribution is 2.22. The number of anilines is 1. The number of hydrogen-bond acceptors (Lipinski definition) is 6. The number of nitrogens with one attached hydrogen (secondary N) is 1. The molecule has 0 bridgehead atoms. The summed E-state index contributed by atoms with van der Waals surface area (Å²) < 4.78 is 59.2. The van der Waals surface area contributed by atoms with Crippen LogP contribution < -0.4 is 5.32 Å². The number of amides is 1. The van der Waals surface area contributed by atoms with E-state index in [1.165, 1.54) is 53.4 Å². The maximum atomic E-state index is 12.8. The summed E-state index contributed by atoms with van der Waals surface area (Å²) >= 11 is 0. The Bertz CT molecular complexity index is 1150. The van der Waals surface area contributed by atoms with Gasteiger partial charge in [0.05, 0.1) is 18.1 Å². The third-order valence-electron chi connectivity index (χ3n) is 4.69. The van der Waals surface area contributed by atoms with Crippen molar-refractivity contribution in [3.05, 3.63) is 42.2 Å². The molecule has 1 N–H and O–H groups in total. The van der Waals surface area contributed by atoms with Crippen molar-refractivity contribution in [3.8, 4) is 0 Å². The Hall–Kier alpha value is -2.25. The van der Waals surface area contributed by atoms with Gasteiger partial charge in [0.25, 0.3) is 5.91 Å². The maximum Gasteiger partial charge on any atom is 0.272 e. The van der Waals surface area contributed by atoms with E-state index >= 15 is 0 Å². The van der Waals surface area contributed by atoms with Crippen LogP contribution in [-0.2, 0) is 31.8 Å². The molecule has 0 aliphatic carbocycles. The van der Waals surface area contributed by atoms with E-state index in [0.29, 0.717) is 13.2 Å². The highest BCUT2D eigenvalue weighted by molar-refractivity contribution is 7.89. The fourth-order valence-corrected chi connectivity index (χ4v) is 5.41. The lowest BCUT2D eigenvalue weighted by molar-refractivity contribution is 0.0730. The minimum atomic E-state index is -3.74. The number of benzene rings is 1. The summed E-state index contributed by atoms with van der Waals surface area (Å²) in [5.74, 6) is -0.555. The molecule has 12 heteroatoms. The van der Waals surface area contributed by atoms with Crippen molar-refractivity contribution >= 4 is 31.6 Å². The molecular formula is C18H24N4O6S2. The van der Waals surface area contributed by atoms with Crippen LogP contribution in [0.5, 0.6) is 0 Å². The number of nitrogens with zero attached hydrogens (tertiary/aromatic N) is 3. The predicted molar refractivity (Wildman–Crippen MR) is 110 cm³/mol. The molecule has 0 unspecified atom stereocenters. The van der Waals surface area contributed by atoms with Gasteiger partial charge in [0, 0.05) is 46.1 Å². The zero-order valence-corrected chi connectivity index (χ0v) is 18.5. The van der Waals surface area contributed by atoms with Crippen LogP contribution in [0.15, 0.2) is 46.3 Å². The van der Waals surface area contributed by atoms with Crippen LogP contribution in [-0.4, -0.2) is 76.3 Å². The van der Waals surface area contributed by atoms with Gasteiger partial charge in [-0.1, -0.05) is 6.07 Å². The highest BCUT2D eigenvalue weighted by Gasteiger charge is 2.29. The minimum absolute atomic E-state index is 0.0148. The molecule has 164 valence electrons. The van der Waals surface area contributed by atoms with Gasteiger partial charge in [-0.15, -0.1) is 0 Å². The Kier molecular flexibility index (Phi) is 6.34. The fraction of sp³-hybridized carbons (Fsp3) is 0.389. The predicted octanol–water partition coefficient (Wildman–Crippen LogP) is 0.549. The van der Waals surface area contributed by atoms with Crippen LogP contribution >= 0.6 is 0 Å². The number of carbonyl (C=O) groups is 1. The quantitative estimate of drug-likeness (QED) is 0.678. The van der Waals surface area contributed by atoms with Crippen LogP contribution in [0.2, 0.25) is 0 Å². The summed E-state index contributed by atoms with van der Waals surface area (Å²) in [5, 5.41) is 2.62. The summed E-state index contributed by atoms with van der Waals surface area (Å²) in [7, 11) is -2.99. The summed E-state index contributed by atoms with van der Waals surface area (Å²) in [6.45, 7) is 1.16. The normalized spacial score (nSPS) is 16.0. The number of rotatable bonds is 6. The average molecular weight is 457 g/mol. The van der Waals surface area contributed by atoms with Crippen molar-refractivity contribution in [1.29, 1.82) is 0 Å². The first-order chi connectivity index (χ1) is 14.0. The van der Waals surface area contributed by atoms with E-state index in [-0.39, 0.29) is 34.3 Å². The molecule has 0 spiro atoms. The van der Waals surface area contributed by atoms with Gasteiger partial charge < -0.3 is 14.6 Å². The van der Waals surface area contributed by atoms with Gasteiger partial charge in [-0.2, -0.15) is 4.31 Å². The lowest BCUT2D eigenvalue weighted by Gasteiger charge is -2.25. The zero-order chi connectivity index (χ0) is 22.1. The topological polar surface area (TPSA) is 118 Å². The zero-order valence-electron chi connectivity index (χ0n) is 16.9. The number of aryl methyl sites for hydroxylation is 1. The van der Waals surface area contributed by atoms with Crippen molar-refractivity contribution in [1.82, 2.24) is 13.2 Å². The van der Waals surface area contributed by atoms with Gasteiger partial charge >= 0.3 is 0 Å². The Morgan fingerprint density at radius 1 is 1.07 bits per heavy atom. The van der Waals surface area contributed by atoms with E-state index in [9.17, 15) is 21.6 Å². The van der Waals surface area contributed by atoms with E-state index in [1.54, 1.807) is 13.1 Å². The monoisotopic (exact) mass is 456 g/mol. The van der Waals surface area contributed by atoms with E-state index < -0.39 is 26.0 Å². The molecule has 3 rings (SSSR count). The largest absolute Gasteiger partial charge is 0.379 e. The molecule has 30 heavy (non-hydrogen) atoms. The van der Waals surface area contributed by atoms with E-state index in [1.807, 2.05) is 0 Å². The second kappa shape index (κ2) is 8.47. The maximum absolute atomic E-state index is 12.8. The van der Waals surface area contributed by atoms with Crippen molar-refractivity contribution in [2.45, 2.75) is 9.79 Å². The molecule has 1 aliphatic heterocycles. The smallest absolute Gasteiger partial charge is 0.272 e. The first-order valence-corrected chi connectivity index (χ1v) is 12.0. The van der Waals surface area contributed by atoms with Crippen molar-refractivity contribution < 1.29 is 26.4 Å². The molecule has 1 aromatic carbocycles. The summed E-state index contributed by atoms with van der Waals surface area (Å²) in [4.78, 5) is 12.8. The Balaban J connectivity index is 1.84. The van der Waals surface area contributed by atoms with Gasteiger partial charge in [-0.25, -0.2) is 21.1 Å². The lowest BCUT2D eigenvalue weighted by atomic mass is 10.3. The minimum Gasteiger partial charge on any atom is -0.379 e. The molecule has 1 amide bonds. The molecule has 1 fully saturated rings. The summed E-state index contributed by atoms with van der Waals surface area (Å²) in [5.41, 5.74) is 0.407. The molecule has 0 atom stereocenters. The fourth-order valence-electron chi connectivity index (χ4n) is 2.98. The number of hydrogen-bond donors (Lipinski definition) is 1. The van der Waals surface area contributed by atoms with Crippen molar-refractivity contribution in [3.63, 3.8) is 0 Å². The standard InChI is InChI=1S/C18H24N4O6S2/c1-20(2)29(24,25)15-6-4-5-14(11-15)19-18(23)17-12-16(13-21(17)3)30(26,27)22-7-9-28-10-8-22/h4-6,11-13H,7-10H2,1-3H3,(H,19,23). The molecule has 0 radical (unpaired) electrons.